The molecule has 4 nitrogen and oxygen atoms in total. The zero-order chi connectivity index (χ0) is 13.4. The molecule has 0 fully saturated rings. The summed E-state index contributed by atoms with van der Waals surface area (Å²) in [5.41, 5.74) is 0.556. The minimum atomic E-state index is -0.127. The Bertz CT molecular complexity index is 405. The molecule has 0 atom stereocenters. The lowest BCUT2D eigenvalue weighted by Crippen LogP contribution is -2.33. The van der Waals surface area contributed by atoms with Gasteiger partial charge in [0.1, 0.15) is 0 Å². The van der Waals surface area contributed by atoms with Crippen molar-refractivity contribution in [3.8, 4) is 0 Å². The molecule has 7 heteroatoms. The molecule has 108 valence electrons. The van der Waals surface area contributed by atoms with Crippen LogP contribution in [0.1, 0.15) is 10.4 Å². The molecule has 1 aromatic rings. The van der Waals surface area contributed by atoms with Crippen molar-refractivity contribution in [2.75, 3.05) is 33.4 Å². The predicted octanol–water partition coefficient (Wildman–Crippen LogP) is 2.49. The van der Waals surface area contributed by atoms with E-state index in [0.29, 0.717) is 30.3 Å². The van der Waals surface area contributed by atoms with Crippen molar-refractivity contribution in [3.63, 3.8) is 0 Å². The van der Waals surface area contributed by atoms with Crippen molar-refractivity contribution in [3.05, 3.63) is 33.3 Å². The van der Waals surface area contributed by atoms with Gasteiger partial charge in [0.25, 0.3) is 5.91 Å². The quantitative estimate of drug-likeness (QED) is 0.724. The molecule has 1 aromatic carbocycles. The molecule has 1 amide bonds. The molecule has 0 aliphatic rings. The third-order valence-corrected chi connectivity index (χ3v) is 3.48. The monoisotopic (exact) mass is 370 g/mol. The van der Waals surface area contributed by atoms with E-state index in [0.717, 1.165) is 11.0 Å². The van der Waals surface area contributed by atoms with Gasteiger partial charge in [-0.1, -0.05) is 11.6 Å². The van der Waals surface area contributed by atoms with Crippen LogP contribution in [0.5, 0.6) is 0 Å². The highest BCUT2D eigenvalue weighted by Gasteiger charge is 2.06. The largest absolute Gasteiger partial charge is 0.383 e. The summed E-state index contributed by atoms with van der Waals surface area (Å²) in [6.07, 6.45) is 0. The summed E-state index contributed by atoms with van der Waals surface area (Å²) in [5, 5.41) is 6.48. The summed E-state index contributed by atoms with van der Waals surface area (Å²) >= 11 is 9.20. The van der Waals surface area contributed by atoms with E-state index in [2.05, 4.69) is 26.6 Å². The molecule has 0 radical (unpaired) electrons. The van der Waals surface area contributed by atoms with E-state index in [1.807, 2.05) is 0 Å². The average molecular weight is 372 g/mol. The van der Waals surface area contributed by atoms with Gasteiger partial charge in [-0.15, -0.1) is 12.4 Å². The molecule has 1 rings (SSSR count). The number of ether oxygens (including phenoxy) is 1. The minimum Gasteiger partial charge on any atom is -0.383 e. The lowest BCUT2D eigenvalue weighted by molar-refractivity contribution is 0.0953. The van der Waals surface area contributed by atoms with Gasteiger partial charge in [-0.05, 0) is 34.1 Å². The number of methoxy groups -OCH3 is 1. The van der Waals surface area contributed by atoms with Crippen LogP contribution in [-0.2, 0) is 4.74 Å². The summed E-state index contributed by atoms with van der Waals surface area (Å²) in [6, 6.07) is 5.12. The van der Waals surface area contributed by atoms with Crippen LogP contribution in [0.15, 0.2) is 22.7 Å². The molecule has 0 heterocycles. The first-order valence-corrected chi connectivity index (χ1v) is 6.75. The van der Waals surface area contributed by atoms with Gasteiger partial charge < -0.3 is 15.4 Å². The number of hydrogen-bond donors (Lipinski definition) is 2. The highest BCUT2D eigenvalue weighted by molar-refractivity contribution is 9.10. The molecule has 0 saturated heterocycles. The lowest BCUT2D eigenvalue weighted by atomic mass is 10.2. The SMILES string of the molecule is COCCNCCNC(=O)c1ccc(Br)c(Cl)c1.Cl. The maximum Gasteiger partial charge on any atom is 0.251 e. The van der Waals surface area contributed by atoms with Crippen LogP contribution in [-0.4, -0.2) is 39.3 Å². The van der Waals surface area contributed by atoms with Gasteiger partial charge in [0.05, 0.1) is 11.6 Å². The molecule has 0 bridgehead atoms. The Morgan fingerprint density at radius 3 is 2.74 bits per heavy atom. The van der Waals surface area contributed by atoms with Gasteiger partial charge in [0.15, 0.2) is 0 Å². The van der Waals surface area contributed by atoms with Crippen molar-refractivity contribution in [2.24, 2.45) is 0 Å². The van der Waals surface area contributed by atoms with Gasteiger partial charge in [-0.2, -0.15) is 0 Å². The van der Waals surface area contributed by atoms with Crippen LogP contribution in [0.2, 0.25) is 5.02 Å². The summed E-state index contributed by atoms with van der Waals surface area (Å²) in [4.78, 5) is 11.8. The summed E-state index contributed by atoms with van der Waals surface area (Å²) in [5.74, 6) is -0.127. The van der Waals surface area contributed by atoms with Gasteiger partial charge in [0, 0.05) is 36.8 Å². The summed E-state index contributed by atoms with van der Waals surface area (Å²) in [7, 11) is 1.65. The fraction of sp³-hybridized carbons (Fsp3) is 0.417. The summed E-state index contributed by atoms with van der Waals surface area (Å²) < 4.78 is 5.67. The van der Waals surface area contributed by atoms with Gasteiger partial charge >= 0.3 is 0 Å². The fourth-order valence-electron chi connectivity index (χ4n) is 1.30. The smallest absolute Gasteiger partial charge is 0.251 e. The van der Waals surface area contributed by atoms with Crippen molar-refractivity contribution in [1.29, 1.82) is 0 Å². The molecular formula is C12H17BrCl2N2O2. The fourth-order valence-corrected chi connectivity index (χ4v) is 1.73. The Morgan fingerprint density at radius 2 is 2.11 bits per heavy atom. The maximum atomic E-state index is 11.8. The first-order chi connectivity index (χ1) is 8.65. The first-order valence-electron chi connectivity index (χ1n) is 5.58. The Kier molecular flexibility index (Phi) is 10.3. The van der Waals surface area contributed by atoms with Crippen molar-refractivity contribution >= 4 is 45.8 Å². The van der Waals surface area contributed by atoms with Crippen LogP contribution in [0.3, 0.4) is 0 Å². The van der Waals surface area contributed by atoms with Crippen molar-refractivity contribution in [2.45, 2.75) is 0 Å². The number of halogens is 3. The van der Waals surface area contributed by atoms with Crippen molar-refractivity contribution in [1.82, 2.24) is 10.6 Å². The van der Waals surface area contributed by atoms with Crippen LogP contribution < -0.4 is 10.6 Å². The summed E-state index contributed by atoms with van der Waals surface area (Å²) in [6.45, 7) is 2.71. The number of benzene rings is 1. The van der Waals surface area contributed by atoms with E-state index in [9.17, 15) is 4.79 Å². The Balaban J connectivity index is 0.00000324. The van der Waals surface area contributed by atoms with Gasteiger partial charge in [-0.25, -0.2) is 0 Å². The second-order valence-corrected chi connectivity index (χ2v) is 4.89. The average Bonchev–Trinajstić information content (AvgIpc) is 2.36. The van der Waals surface area contributed by atoms with Gasteiger partial charge in [-0.3, -0.25) is 4.79 Å². The molecule has 0 spiro atoms. The van der Waals surface area contributed by atoms with E-state index in [-0.39, 0.29) is 18.3 Å². The zero-order valence-electron chi connectivity index (χ0n) is 10.5. The number of carbonyl (C=O) groups excluding carboxylic acids is 1. The Hall–Kier alpha value is -0.330. The zero-order valence-corrected chi connectivity index (χ0v) is 13.7. The molecule has 2 N–H and O–H groups in total. The third kappa shape index (κ3) is 7.13. The molecule has 0 unspecified atom stereocenters. The Morgan fingerprint density at radius 1 is 1.37 bits per heavy atom. The Labute approximate surface area is 132 Å². The maximum absolute atomic E-state index is 11.8. The highest BCUT2D eigenvalue weighted by atomic mass is 79.9. The molecule has 19 heavy (non-hydrogen) atoms. The number of amides is 1. The van der Waals surface area contributed by atoms with Gasteiger partial charge in [0.2, 0.25) is 0 Å². The second-order valence-electron chi connectivity index (χ2n) is 3.63. The van der Waals surface area contributed by atoms with E-state index in [4.69, 9.17) is 16.3 Å². The molecule has 0 saturated carbocycles. The normalized spacial score (nSPS) is 9.84. The molecule has 0 aliphatic carbocycles. The predicted molar refractivity (Wildman–Crippen MR) is 83.5 cm³/mol. The van der Waals surface area contributed by atoms with E-state index < -0.39 is 0 Å². The highest BCUT2D eigenvalue weighted by Crippen LogP contribution is 2.22. The van der Waals surface area contributed by atoms with Crippen molar-refractivity contribution < 1.29 is 9.53 Å². The number of hydrogen-bond acceptors (Lipinski definition) is 3. The third-order valence-electron chi connectivity index (χ3n) is 2.25. The minimum absolute atomic E-state index is 0. The van der Waals surface area contributed by atoms with Crippen LogP contribution in [0.25, 0.3) is 0 Å². The topological polar surface area (TPSA) is 50.4 Å². The number of nitrogens with one attached hydrogen (secondary N) is 2. The van der Waals surface area contributed by atoms with Crippen LogP contribution in [0.4, 0.5) is 0 Å². The van der Waals surface area contributed by atoms with Crippen LogP contribution in [0, 0.1) is 0 Å². The van der Waals surface area contributed by atoms with E-state index >= 15 is 0 Å². The standard InChI is InChI=1S/C12H16BrClN2O2.ClH/c1-18-7-6-15-4-5-16-12(17)9-2-3-10(13)11(14)8-9;/h2-3,8,15H,4-7H2,1H3,(H,16,17);1H. The van der Waals surface area contributed by atoms with E-state index in [1.54, 1.807) is 25.3 Å². The lowest BCUT2D eigenvalue weighted by Gasteiger charge is -2.07. The van der Waals surface area contributed by atoms with E-state index in [1.165, 1.54) is 0 Å². The molecule has 0 aromatic heterocycles. The molecular weight excluding hydrogens is 355 g/mol. The first kappa shape index (κ1) is 18.7. The molecule has 0 aliphatic heterocycles. The number of rotatable bonds is 7. The van der Waals surface area contributed by atoms with Crippen LogP contribution >= 0.6 is 39.9 Å². The number of carbonyl (C=O) groups is 1. The second kappa shape index (κ2) is 10.5.